The maximum atomic E-state index is 13.4. The van der Waals surface area contributed by atoms with Crippen molar-refractivity contribution in [1.82, 2.24) is 14.6 Å². The van der Waals surface area contributed by atoms with Gasteiger partial charge in [0, 0.05) is 30.7 Å². The summed E-state index contributed by atoms with van der Waals surface area (Å²) >= 11 is 0. The first-order chi connectivity index (χ1) is 18.9. The van der Waals surface area contributed by atoms with E-state index in [4.69, 9.17) is 18.5 Å². The number of aldehydes is 1. The minimum absolute atomic E-state index is 0.0662. The highest BCUT2D eigenvalue weighted by Crippen LogP contribution is 2.47. The molecule has 0 spiro atoms. The molecule has 3 aromatic rings. The first kappa shape index (κ1) is 31.4. The van der Waals surface area contributed by atoms with Crippen molar-refractivity contribution >= 4 is 24.8 Å². The lowest BCUT2D eigenvalue weighted by atomic mass is 9.99. The van der Waals surface area contributed by atoms with Gasteiger partial charge in [0.2, 0.25) is 0 Å². The molecule has 0 aliphatic carbocycles. The lowest BCUT2D eigenvalue weighted by Crippen LogP contribution is -2.33. The van der Waals surface area contributed by atoms with Crippen molar-refractivity contribution in [1.29, 1.82) is 0 Å². The van der Waals surface area contributed by atoms with Gasteiger partial charge in [-0.15, -0.1) is 0 Å². The van der Waals surface area contributed by atoms with Gasteiger partial charge in [0.15, 0.2) is 0 Å². The highest BCUT2D eigenvalue weighted by Gasteiger charge is 2.37. The van der Waals surface area contributed by atoms with Crippen LogP contribution in [-0.2, 0) is 23.4 Å². The van der Waals surface area contributed by atoms with Crippen LogP contribution in [0.25, 0.3) is 10.8 Å². The number of carbonyl (C=O) groups is 1. The number of carbonyl (C=O) groups excluding carboxylic acids is 1. The number of hydrogen-bond donors (Lipinski definition) is 2. The molecule has 2 N–H and O–H groups in total. The van der Waals surface area contributed by atoms with Crippen LogP contribution in [0.3, 0.4) is 0 Å². The SMILES string of the molecule is CC1CC(COP(=O)(NCC=O)Oc2cccc3ccccc23)OC1n1ccc(=O)[nH]c1=O.COCC(C)(C)C. The van der Waals surface area contributed by atoms with E-state index < -0.39 is 31.3 Å². The molecule has 1 aromatic heterocycles. The van der Waals surface area contributed by atoms with Crippen molar-refractivity contribution in [2.24, 2.45) is 11.3 Å². The molecule has 2 aromatic carbocycles. The number of aromatic amines is 1. The summed E-state index contributed by atoms with van der Waals surface area (Å²) in [6, 6.07) is 14.1. The average Bonchev–Trinajstić information content (AvgIpc) is 3.26. The normalized spacial score (nSPS) is 20.4. The summed E-state index contributed by atoms with van der Waals surface area (Å²) in [5, 5.41) is 4.20. The Hall–Kier alpha value is -3.08. The number of nitrogens with zero attached hydrogens (tertiary/aromatic N) is 1. The molecule has 0 radical (unpaired) electrons. The fourth-order valence-corrected chi connectivity index (χ4v) is 5.55. The second-order valence-electron chi connectivity index (χ2n) is 10.8. The van der Waals surface area contributed by atoms with Crippen LogP contribution in [0.2, 0.25) is 0 Å². The fourth-order valence-electron chi connectivity index (χ4n) is 4.27. The largest absolute Gasteiger partial charge is 0.459 e. The molecular formula is C28H38N3O8P. The summed E-state index contributed by atoms with van der Waals surface area (Å²) in [7, 11) is -2.19. The molecule has 218 valence electrons. The second kappa shape index (κ2) is 14.0. The monoisotopic (exact) mass is 575 g/mol. The topological polar surface area (TPSA) is 138 Å². The molecule has 0 saturated carbocycles. The van der Waals surface area contributed by atoms with Crippen LogP contribution in [0, 0.1) is 11.3 Å². The van der Waals surface area contributed by atoms with Crippen LogP contribution in [0.5, 0.6) is 5.75 Å². The van der Waals surface area contributed by atoms with Gasteiger partial charge in [-0.3, -0.25) is 18.9 Å². The minimum Gasteiger partial charge on any atom is -0.413 e. The van der Waals surface area contributed by atoms with E-state index in [1.54, 1.807) is 19.2 Å². The molecule has 4 unspecified atom stereocenters. The molecule has 0 amide bonds. The van der Waals surface area contributed by atoms with Gasteiger partial charge in [0.1, 0.15) is 18.3 Å². The summed E-state index contributed by atoms with van der Waals surface area (Å²) < 4.78 is 37.0. The van der Waals surface area contributed by atoms with Crippen LogP contribution in [-0.4, -0.2) is 48.8 Å². The number of methoxy groups -OCH3 is 1. The zero-order valence-electron chi connectivity index (χ0n) is 23.5. The third kappa shape index (κ3) is 8.97. The third-order valence-electron chi connectivity index (χ3n) is 5.92. The molecule has 2 heterocycles. The lowest BCUT2D eigenvalue weighted by Gasteiger charge is -2.22. The fraction of sp³-hybridized carbons (Fsp3) is 0.464. The van der Waals surface area contributed by atoms with Crippen molar-refractivity contribution in [2.75, 3.05) is 26.9 Å². The quantitative estimate of drug-likeness (QED) is 0.268. The lowest BCUT2D eigenvalue weighted by molar-refractivity contribution is -0.107. The van der Waals surface area contributed by atoms with Gasteiger partial charge in [-0.2, -0.15) is 0 Å². The molecule has 1 saturated heterocycles. The second-order valence-corrected chi connectivity index (χ2v) is 12.5. The zero-order chi connectivity index (χ0) is 29.3. The van der Waals surface area contributed by atoms with Crippen molar-refractivity contribution in [3.63, 3.8) is 0 Å². The number of hydrogen-bond acceptors (Lipinski definition) is 8. The Morgan fingerprint density at radius 2 is 1.88 bits per heavy atom. The average molecular weight is 576 g/mol. The predicted molar refractivity (Wildman–Crippen MR) is 153 cm³/mol. The summed E-state index contributed by atoms with van der Waals surface area (Å²) in [5.41, 5.74) is -0.734. The van der Waals surface area contributed by atoms with E-state index in [1.807, 2.05) is 37.3 Å². The maximum Gasteiger partial charge on any atom is 0.459 e. The number of rotatable bonds is 10. The number of fused-ring (bicyclic) bond motifs is 1. The Labute approximate surface area is 233 Å². The summed E-state index contributed by atoms with van der Waals surface area (Å²) in [4.78, 5) is 36.5. The van der Waals surface area contributed by atoms with E-state index in [9.17, 15) is 18.9 Å². The molecule has 1 aliphatic heterocycles. The van der Waals surface area contributed by atoms with Crippen molar-refractivity contribution in [3.8, 4) is 5.75 Å². The first-order valence-corrected chi connectivity index (χ1v) is 14.6. The predicted octanol–water partition coefficient (Wildman–Crippen LogP) is 4.28. The number of aromatic nitrogens is 2. The molecular weight excluding hydrogens is 537 g/mol. The van der Waals surface area contributed by atoms with Crippen molar-refractivity contribution in [2.45, 2.75) is 46.4 Å². The van der Waals surface area contributed by atoms with Gasteiger partial charge in [-0.25, -0.2) is 14.4 Å². The van der Waals surface area contributed by atoms with E-state index in [0.29, 0.717) is 23.9 Å². The molecule has 0 bridgehead atoms. The molecule has 4 atom stereocenters. The summed E-state index contributed by atoms with van der Waals surface area (Å²) in [6.07, 6.45) is 1.38. The molecule has 12 heteroatoms. The van der Waals surface area contributed by atoms with E-state index in [2.05, 4.69) is 30.8 Å². The Bertz CT molecular complexity index is 1430. The van der Waals surface area contributed by atoms with Gasteiger partial charge >= 0.3 is 13.4 Å². The third-order valence-corrected chi connectivity index (χ3v) is 7.42. The number of nitrogens with one attached hydrogen (secondary N) is 2. The molecule has 40 heavy (non-hydrogen) atoms. The van der Waals surface area contributed by atoms with Gasteiger partial charge in [-0.05, 0) is 23.3 Å². The van der Waals surface area contributed by atoms with E-state index in [-0.39, 0.29) is 19.1 Å². The minimum atomic E-state index is -3.92. The Balaban J connectivity index is 0.000000559. The summed E-state index contributed by atoms with van der Waals surface area (Å²) in [6.45, 7) is 8.88. The van der Waals surface area contributed by atoms with Crippen LogP contribution in [0.15, 0.2) is 64.3 Å². The standard InChI is InChI=1S/C22H24N3O7P.C6H14O/c1-15-13-17(31-21(15)25-11-9-20(27)24-22(25)28)14-30-33(29,23-10-12-26)32-19-8-4-6-16-5-2-3-7-18(16)19;1-6(2,3)5-7-4/h2-9,11-12,15,17,21H,10,13-14H2,1H3,(H,23,29)(H,24,27,28);5H2,1-4H3. The first-order valence-electron chi connectivity index (χ1n) is 13.0. The van der Waals surface area contributed by atoms with Crippen LogP contribution in [0.1, 0.15) is 40.3 Å². The number of H-pyrrole nitrogens is 1. The molecule has 1 fully saturated rings. The molecule has 4 rings (SSSR count). The van der Waals surface area contributed by atoms with Gasteiger partial charge in [0.25, 0.3) is 5.56 Å². The highest BCUT2D eigenvalue weighted by molar-refractivity contribution is 7.52. The van der Waals surface area contributed by atoms with Crippen molar-refractivity contribution < 1.29 is 27.9 Å². The van der Waals surface area contributed by atoms with E-state index in [1.165, 1.54) is 16.8 Å². The van der Waals surface area contributed by atoms with Crippen LogP contribution >= 0.6 is 7.75 Å². The molecule has 1 aliphatic rings. The number of ether oxygens (including phenoxy) is 2. The van der Waals surface area contributed by atoms with Gasteiger partial charge < -0.3 is 18.8 Å². The zero-order valence-corrected chi connectivity index (χ0v) is 24.4. The number of benzene rings is 2. The Morgan fingerprint density at radius 3 is 2.52 bits per heavy atom. The van der Waals surface area contributed by atoms with E-state index >= 15 is 0 Å². The molecule has 11 nitrogen and oxygen atoms in total. The highest BCUT2D eigenvalue weighted by atomic mass is 31.2. The van der Waals surface area contributed by atoms with Crippen molar-refractivity contribution in [3.05, 3.63) is 75.6 Å². The van der Waals surface area contributed by atoms with E-state index in [0.717, 1.165) is 17.4 Å². The summed E-state index contributed by atoms with van der Waals surface area (Å²) in [5.74, 6) is 0.289. The maximum absolute atomic E-state index is 13.4. The van der Waals surface area contributed by atoms with Crippen LogP contribution < -0.4 is 20.9 Å². The Morgan fingerprint density at radius 1 is 1.15 bits per heavy atom. The van der Waals surface area contributed by atoms with Crippen LogP contribution in [0.4, 0.5) is 0 Å². The van der Waals surface area contributed by atoms with Gasteiger partial charge in [0.05, 0.1) is 25.9 Å². The Kier molecular flexibility index (Phi) is 11.0. The smallest absolute Gasteiger partial charge is 0.413 e. The van der Waals surface area contributed by atoms with Gasteiger partial charge in [-0.1, -0.05) is 64.1 Å².